The minimum atomic E-state index is -0.164. The van der Waals surface area contributed by atoms with E-state index in [-0.39, 0.29) is 5.91 Å². The molecule has 2 aromatic rings. The van der Waals surface area contributed by atoms with Crippen LogP contribution in [0.25, 0.3) is 0 Å². The van der Waals surface area contributed by atoms with Gasteiger partial charge in [0.15, 0.2) is 5.69 Å². The summed E-state index contributed by atoms with van der Waals surface area (Å²) >= 11 is 0. The second-order valence-corrected chi connectivity index (χ2v) is 6.95. The molecule has 0 bridgehead atoms. The summed E-state index contributed by atoms with van der Waals surface area (Å²) in [6, 6.07) is 10.5. The van der Waals surface area contributed by atoms with E-state index in [0.29, 0.717) is 31.2 Å². The highest BCUT2D eigenvalue weighted by atomic mass is 16.3. The van der Waals surface area contributed by atoms with Crippen molar-refractivity contribution >= 4 is 5.91 Å². The normalized spacial score (nSPS) is 15.3. The summed E-state index contributed by atoms with van der Waals surface area (Å²) in [6.07, 6.45) is 4.83. The van der Waals surface area contributed by atoms with Gasteiger partial charge >= 0.3 is 0 Å². The van der Waals surface area contributed by atoms with Crippen LogP contribution in [-0.2, 0) is 13.1 Å². The van der Waals surface area contributed by atoms with E-state index in [0.717, 1.165) is 32.7 Å². The van der Waals surface area contributed by atoms with Gasteiger partial charge in [-0.05, 0) is 5.56 Å². The topological polar surface area (TPSA) is 52.8 Å². The number of carbonyl (C=O) groups excluding carboxylic acids is 1. The van der Waals surface area contributed by atoms with E-state index in [9.17, 15) is 4.79 Å². The summed E-state index contributed by atoms with van der Waals surface area (Å²) < 4.78 is 5.55. The molecule has 1 aromatic carbocycles. The summed E-state index contributed by atoms with van der Waals surface area (Å²) in [6.45, 7) is 13.8. The Morgan fingerprint density at radius 2 is 1.64 bits per heavy atom. The first-order valence-corrected chi connectivity index (χ1v) is 9.63. The second kappa shape index (κ2) is 10.0. The molecule has 1 aliphatic rings. The van der Waals surface area contributed by atoms with E-state index in [1.165, 1.54) is 11.8 Å². The van der Waals surface area contributed by atoms with Gasteiger partial charge in [-0.2, -0.15) is 0 Å². The van der Waals surface area contributed by atoms with Crippen LogP contribution in [0.5, 0.6) is 0 Å². The summed E-state index contributed by atoms with van der Waals surface area (Å²) in [4.78, 5) is 23.3. The number of oxazole rings is 1. The van der Waals surface area contributed by atoms with Crippen molar-refractivity contribution < 1.29 is 9.21 Å². The predicted molar refractivity (Wildman–Crippen MR) is 110 cm³/mol. The lowest BCUT2D eigenvalue weighted by atomic mass is 10.2. The summed E-state index contributed by atoms with van der Waals surface area (Å²) in [7, 11) is 0. The molecule has 3 rings (SSSR count). The molecule has 1 saturated heterocycles. The SMILES string of the molecule is C=CCN(CC=C)C(=O)c1coc(CN2CCN(Cc3ccccc3)CC2)n1. The maximum Gasteiger partial charge on any atom is 0.276 e. The van der Waals surface area contributed by atoms with Crippen LogP contribution in [0.1, 0.15) is 21.9 Å². The lowest BCUT2D eigenvalue weighted by Crippen LogP contribution is -2.45. The van der Waals surface area contributed by atoms with Crippen LogP contribution in [-0.4, -0.2) is 64.9 Å². The molecule has 6 heteroatoms. The van der Waals surface area contributed by atoms with E-state index in [1.54, 1.807) is 17.1 Å². The minimum absolute atomic E-state index is 0.164. The van der Waals surface area contributed by atoms with Gasteiger partial charge in [-0.25, -0.2) is 4.98 Å². The summed E-state index contributed by atoms with van der Waals surface area (Å²) in [5.41, 5.74) is 1.68. The van der Waals surface area contributed by atoms with Crippen LogP contribution in [0.4, 0.5) is 0 Å². The van der Waals surface area contributed by atoms with Crippen molar-refractivity contribution in [1.82, 2.24) is 19.7 Å². The fourth-order valence-corrected chi connectivity index (χ4v) is 3.33. The molecular weight excluding hydrogens is 352 g/mol. The molecule has 28 heavy (non-hydrogen) atoms. The van der Waals surface area contributed by atoms with Crippen molar-refractivity contribution in [2.45, 2.75) is 13.1 Å². The molecule has 148 valence electrons. The van der Waals surface area contributed by atoms with E-state index in [1.807, 2.05) is 6.07 Å². The molecule has 2 heterocycles. The van der Waals surface area contributed by atoms with Crippen LogP contribution < -0.4 is 0 Å². The van der Waals surface area contributed by atoms with Gasteiger partial charge in [-0.15, -0.1) is 13.2 Å². The Morgan fingerprint density at radius 3 is 2.25 bits per heavy atom. The third kappa shape index (κ3) is 5.41. The lowest BCUT2D eigenvalue weighted by molar-refractivity contribution is 0.0784. The van der Waals surface area contributed by atoms with E-state index in [2.05, 4.69) is 52.2 Å². The van der Waals surface area contributed by atoms with Gasteiger partial charge in [-0.1, -0.05) is 42.5 Å². The molecule has 1 aromatic heterocycles. The molecule has 0 spiro atoms. The first kappa shape index (κ1) is 20.0. The Hall–Kier alpha value is -2.70. The number of aromatic nitrogens is 1. The molecule has 0 saturated carbocycles. The maximum atomic E-state index is 12.5. The van der Waals surface area contributed by atoms with Crippen LogP contribution in [0.2, 0.25) is 0 Å². The van der Waals surface area contributed by atoms with E-state index < -0.39 is 0 Å². The Morgan fingerprint density at radius 1 is 1.04 bits per heavy atom. The molecule has 0 atom stereocenters. The number of piperazine rings is 1. The van der Waals surface area contributed by atoms with Crippen molar-refractivity contribution in [3.05, 3.63) is 79.1 Å². The first-order valence-electron chi connectivity index (χ1n) is 9.63. The number of amides is 1. The Labute approximate surface area is 166 Å². The fourth-order valence-electron chi connectivity index (χ4n) is 3.33. The smallest absolute Gasteiger partial charge is 0.276 e. The Balaban J connectivity index is 1.50. The molecule has 6 nitrogen and oxygen atoms in total. The van der Waals surface area contributed by atoms with Gasteiger partial charge in [0.1, 0.15) is 6.26 Å². The predicted octanol–water partition coefficient (Wildman–Crippen LogP) is 2.81. The monoisotopic (exact) mass is 380 g/mol. The van der Waals surface area contributed by atoms with Gasteiger partial charge in [-0.3, -0.25) is 14.6 Å². The molecule has 1 amide bonds. The average molecular weight is 380 g/mol. The fraction of sp³-hybridized carbons (Fsp3) is 0.364. The quantitative estimate of drug-likeness (QED) is 0.626. The number of carbonyl (C=O) groups is 1. The van der Waals surface area contributed by atoms with Crippen molar-refractivity contribution in [3.8, 4) is 0 Å². The lowest BCUT2D eigenvalue weighted by Gasteiger charge is -2.34. The summed E-state index contributed by atoms with van der Waals surface area (Å²) in [5.74, 6) is 0.416. The molecule has 0 radical (unpaired) electrons. The van der Waals surface area contributed by atoms with Gasteiger partial charge in [0, 0.05) is 45.8 Å². The van der Waals surface area contributed by atoms with Crippen molar-refractivity contribution in [2.75, 3.05) is 39.3 Å². The van der Waals surface area contributed by atoms with E-state index >= 15 is 0 Å². The highest BCUT2D eigenvalue weighted by molar-refractivity contribution is 5.92. The van der Waals surface area contributed by atoms with Crippen molar-refractivity contribution in [1.29, 1.82) is 0 Å². The molecule has 0 aliphatic carbocycles. The van der Waals surface area contributed by atoms with Crippen LogP contribution in [0.3, 0.4) is 0 Å². The first-order chi connectivity index (χ1) is 13.7. The van der Waals surface area contributed by atoms with Crippen molar-refractivity contribution in [3.63, 3.8) is 0 Å². The molecule has 1 fully saturated rings. The van der Waals surface area contributed by atoms with Crippen LogP contribution >= 0.6 is 0 Å². The van der Waals surface area contributed by atoms with Crippen molar-refractivity contribution in [2.24, 2.45) is 0 Å². The van der Waals surface area contributed by atoms with E-state index in [4.69, 9.17) is 4.42 Å². The Bertz CT molecular complexity index is 769. The highest BCUT2D eigenvalue weighted by Gasteiger charge is 2.21. The van der Waals surface area contributed by atoms with Gasteiger partial charge < -0.3 is 9.32 Å². The molecule has 0 unspecified atom stereocenters. The molecular formula is C22H28N4O2. The minimum Gasteiger partial charge on any atom is -0.447 e. The van der Waals surface area contributed by atoms with Crippen LogP contribution in [0.15, 0.2) is 66.3 Å². The zero-order valence-corrected chi connectivity index (χ0v) is 16.3. The number of rotatable bonds is 9. The Kier molecular flexibility index (Phi) is 7.17. The zero-order chi connectivity index (χ0) is 19.8. The standard InChI is InChI=1S/C22H28N4O2/c1-3-10-26(11-4-2)22(27)20-18-28-21(23-20)17-25-14-12-24(13-15-25)16-19-8-6-5-7-9-19/h3-9,18H,1-2,10-17H2. The molecule has 0 N–H and O–H groups in total. The van der Waals surface area contributed by atoms with Crippen LogP contribution in [0, 0.1) is 0 Å². The largest absolute Gasteiger partial charge is 0.447 e. The maximum absolute atomic E-state index is 12.5. The number of nitrogens with zero attached hydrogens (tertiary/aromatic N) is 4. The van der Waals surface area contributed by atoms with Gasteiger partial charge in [0.05, 0.1) is 6.54 Å². The average Bonchev–Trinajstić information content (AvgIpc) is 3.18. The number of hydrogen-bond acceptors (Lipinski definition) is 5. The summed E-state index contributed by atoms with van der Waals surface area (Å²) in [5, 5.41) is 0. The molecule has 1 aliphatic heterocycles. The zero-order valence-electron chi connectivity index (χ0n) is 16.3. The van der Waals surface area contributed by atoms with Gasteiger partial charge in [0.25, 0.3) is 5.91 Å². The highest BCUT2D eigenvalue weighted by Crippen LogP contribution is 2.13. The number of hydrogen-bond donors (Lipinski definition) is 0. The number of benzene rings is 1. The second-order valence-electron chi connectivity index (χ2n) is 6.95. The van der Waals surface area contributed by atoms with Gasteiger partial charge in [0.2, 0.25) is 5.89 Å². The third-order valence-corrected chi connectivity index (χ3v) is 4.83. The third-order valence-electron chi connectivity index (χ3n) is 4.83.